The minimum Gasteiger partial charge on any atom is -0.501 e. The minimum absolute atomic E-state index is 0.283. The van der Waals surface area contributed by atoms with Crippen LogP contribution in [0.2, 0.25) is 0 Å². The molecule has 0 heterocycles. The third-order valence-corrected chi connectivity index (χ3v) is 2.74. The largest absolute Gasteiger partial charge is 0.501 e. The van der Waals surface area contributed by atoms with Gasteiger partial charge in [0.25, 0.3) is 0 Å². The Morgan fingerprint density at radius 2 is 2.29 bits per heavy atom. The molecule has 0 aromatic rings. The number of Topliss-reactive ketones (excluding diaryl/α,β-unsaturated/α-hetero) is 1. The van der Waals surface area contributed by atoms with Crippen molar-refractivity contribution in [2.24, 2.45) is 5.92 Å². The van der Waals surface area contributed by atoms with E-state index >= 15 is 0 Å². The highest BCUT2D eigenvalue weighted by atomic mass is 16.5. The van der Waals surface area contributed by atoms with Crippen molar-refractivity contribution in [3.8, 4) is 0 Å². The molecular formula is C12H20O2. The van der Waals surface area contributed by atoms with Crippen molar-refractivity contribution in [2.45, 2.75) is 46.0 Å². The maximum absolute atomic E-state index is 11.5. The molecular weight excluding hydrogens is 176 g/mol. The van der Waals surface area contributed by atoms with Gasteiger partial charge in [0.1, 0.15) is 0 Å². The van der Waals surface area contributed by atoms with Gasteiger partial charge in [0.15, 0.2) is 5.78 Å². The van der Waals surface area contributed by atoms with E-state index in [0.29, 0.717) is 18.9 Å². The van der Waals surface area contributed by atoms with E-state index in [-0.39, 0.29) is 5.78 Å². The Labute approximate surface area is 86.3 Å². The molecule has 1 aliphatic rings. The zero-order chi connectivity index (χ0) is 10.4. The van der Waals surface area contributed by atoms with Crippen molar-refractivity contribution in [3.05, 3.63) is 11.8 Å². The number of carbonyl (C=O) groups is 1. The quantitative estimate of drug-likeness (QED) is 0.510. The number of ketones is 1. The molecule has 1 fully saturated rings. The Bertz CT molecular complexity index is 218. The van der Waals surface area contributed by atoms with Crippen molar-refractivity contribution in [2.75, 3.05) is 6.61 Å². The van der Waals surface area contributed by atoms with Gasteiger partial charge in [0.05, 0.1) is 12.9 Å². The second kappa shape index (κ2) is 5.84. The molecule has 0 N–H and O–H groups in total. The van der Waals surface area contributed by atoms with Crippen LogP contribution in [0.1, 0.15) is 46.0 Å². The molecule has 2 nitrogen and oxygen atoms in total. The van der Waals surface area contributed by atoms with E-state index in [2.05, 4.69) is 6.92 Å². The number of carbonyl (C=O) groups excluding carboxylic acids is 1. The van der Waals surface area contributed by atoms with Crippen LogP contribution in [0.3, 0.4) is 0 Å². The molecule has 0 saturated heterocycles. The van der Waals surface area contributed by atoms with Crippen molar-refractivity contribution < 1.29 is 9.53 Å². The lowest BCUT2D eigenvalue weighted by atomic mass is 9.83. The molecule has 0 amide bonds. The van der Waals surface area contributed by atoms with Crippen LogP contribution in [0.25, 0.3) is 0 Å². The molecule has 1 aliphatic carbocycles. The second-order valence-electron chi connectivity index (χ2n) is 3.92. The molecule has 1 saturated carbocycles. The first-order valence-electron chi connectivity index (χ1n) is 5.61. The zero-order valence-corrected chi connectivity index (χ0v) is 9.21. The molecule has 14 heavy (non-hydrogen) atoms. The van der Waals surface area contributed by atoms with Gasteiger partial charge in [-0.05, 0) is 25.7 Å². The molecule has 1 rings (SSSR count). The molecule has 0 aromatic heterocycles. The Hall–Kier alpha value is -0.790. The molecule has 80 valence electrons. The van der Waals surface area contributed by atoms with Gasteiger partial charge in [0, 0.05) is 12.0 Å². The maximum atomic E-state index is 11.5. The molecule has 1 unspecified atom stereocenters. The number of hydrogen-bond acceptors (Lipinski definition) is 2. The summed E-state index contributed by atoms with van der Waals surface area (Å²) < 4.78 is 5.19. The Kier molecular flexibility index (Phi) is 4.71. The van der Waals surface area contributed by atoms with Crippen LogP contribution in [0.4, 0.5) is 0 Å². The van der Waals surface area contributed by atoms with Gasteiger partial charge in [-0.3, -0.25) is 4.79 Å². The highest BCUT2D eigenvalue weighted by Crippen LogP contribution is 2.29. The average Bonchev–Trinajstić information content (AvgIpc) is 2.19. The summed E-state index contributed by atoms with van der Waals surface area (Å²) in [5.41, 5.74) is 0.900. The van der Waals surface area contributed by atoms with Gasteiger partial charge >= 0.3 is 0 Å². The summed E-state index contributed by atoms with van der Waals surface area (Å²) in [6.07, 6.45) is 6.81. The summed E-state index contributed by atoms with van der Waals surface area (Å²) in [7, 11) is 0. The van der Waals surface area contributed by atoms with Crippen LogP contribution in [-0.2, 0) is 9.53 Å². The molecule has 0 radical (unpaired) electrons. The molecule has 0 aliphatic heterocycles. The first-order chi connectivity index (χ1) is 6.77. The summed E-state index contributed by atoms with van der Waals surface area (Å²) in [6, 6.07) is 0. The minimum atomic E-state index is 0.283. The number of rotatable bonds is 4. The van der Waals surface area contributed by atoms with Crippen molar-refractivity contribution in [3.63, 3.8) is 0 Å². The zero-order valence-electron chi connectivity index (χ0n) is 9.21. The smallest absolute Gasteiger partial charge is 0.161 e. The van der Waals surface area contributed by atoms with Gasteiger partial charge < -0.3 is 4.74 Å². The Balaban J connectivity index is 2.50. The van der Waals surface area contributed by atoms with Crippen LogP contribution >= 0.6 is 0 Å². The normalized spacial score (nSPS) is 25.4. The standard InChI is InChI=1S/C12H20O2/c1-3-5-10-6-7-12(13)11(8-10)9-14-4-2/h9-10H,3-8H2,1-2H3/b11-9+. The summed E-state index contributed by atoms with van der Waals surface area (Å²) in [4.78, 5) is 11.5. The number of allylic oxidation sites excluding steroid dienone is 1. The SMILES string of the molecule is CCCC1CCC(=O)/C(=C/OCC)C1. The van der Waals surface area contributed by atoms with Gasteiger partial charge in [-0.2, -0.15) is 0 Å². The highest BCUT2D eigenvalue weighted by Gasteiger charge is 2.22. The van der Waals surface area contributed by atoms with Gasteiger partial charge in [-0.25, -0.2) is 0 Å². The molecule has 1 atom stereocenters. The van der Waals surface area contributed by atoms with Gasteiger partial charge in [-0.1, -0.05) is 19.8 Å². The number of hydrogen-bond donors (Lipinski definition) is 0. The predicted octanol–water partition coefficient (Wildman–Crippen LogP) is 3.08. The Morgan fingerprint density at radius 3 is 2.93 bits per heavy atom. The lowest BCUT2D eigenvalue weighted by Crippen LogP contribution is -2.17. The summed E-state index contributed by atoms with van der Waals surface area (Å²) in [6.45, 7) is 4.78. The predicted molar refractivity (Wildman–Crippen MR) is 57.0 cm³/mol. The average molecular weight is 196 g/mol. The molecule has 2 heteroatoms. The van der Waals surface area contributed by atoms with Crippen LogP contribution in [-0.4, -0.2) is 12.4 Å². The monoisotopic (exact) mass is 196 g/mol. The van der Waals surface area contributed by atoms with Crippen molar-refractivity contribution in [1.82, 2.24) is 0 Å². The van der Waals surface area contributed by atoms with E-state index in [4.69, 9.17) is 4.74 Å². The third kappa shape index (κ3) is 3.17. The Morgan fingerprint density at radius 1 is 1.50 bits per heavy atom. The van der Waals surface area contributed by atoms with E-state index in [9.17, 15) is 4.79 Å². The van der Waals surface area contributed by atoms with E-state index in [1.165, 1.54) is 12.8 Å². The first kappa shape index (κ1) is 11.3. The summed E-state index contributed by atoms with van der Waals surface area (Å²) in [5.74, 6) is 0.982. The third-order valence-electron chi connectivity index (χ3n) is 2.74. The van der Waals surface area contributed by atoms with Crippen molar-refractivity contribution in [1.29, 1.82) is 0 Å². The van der Waals surface area contributed by atoms with E-state index in [1.807, 2.05) is 6.92 Å². The van der Waals surface area contributed by atoms with Crippen molar-refractivity contribution >= 4 is 5.78 Å². The lowest BCUT2D eigenvalue weighted by Gasteiger charge is -2.22. The summed E-state index contributed by atoms with van der Waals surface area (Å²) in [5, 5.41) is 0. The van der Waals surface area contributed by atoms with Gasteiger partial charge in [-0.15, -0.1) is 0 Å². The lowest BCUT2D eigenvalue weighted by molar-refractivity contribution is -0.117. The van der Waals surface area contributed by atoms with E-state index < -0.39 is 0 Å². The molecule has 0 bridgehead atoms. The fraction of sp³-hybridized carbons (Fsp3) is 0.750. The topological polar surface area (TPSA) is 26.3 Å². The molecule has 0 aromatic carbocycles. The fourth-order valence-corrected chi connectivity index (χ4v) is 1.98. The van der Waals surface area contributed by atoms with E-state index in [0.717, 1.165) is 18.4 Å². The second-order valence-corrected chi connectivity index (χ2v) is 3.92. The van der Waals surface area contributed by atoms with Crippen LogP contribution in [0.15, 0.2) is 11.8 Å². The van der Waals surface area contributed by atoms with Crippen LogP contribution in [0, 0.1) is 5.92 Å². The first-order valence-corrected chi connectivity index (χ1v) is 5.61. The molecule has 0 spiro atoms. The number of ether oxygens (including phenoxy) is 1. The van der Waals surface area contributed by atoms with E-state index in [1.54, 1.807) is 6.26 Å². The maximum Gasteiger partial charge on any atom is 0.161 e. The van der Waals surface area contributed by atoms with Gasteiger partial charge in [0.2, 0.25) is 0 Å². The highest BCUT2D eigenvalue weighted by molar-refractivity contribution is 5.95. The fourth-order valence-electron chi connectivity index (χ4n) is 1.98. The van der Waals surface area contributed by atoms with Crippen LogP contribution in [0.5, 0.6) is 0 Å². The van der Waals surface area contributed by atoms with Crippen LogP contribution < -0.4 is 0 Å². The summed E-state index contributed by atoms with van der Waals surface area (Å²) >= 11 is 0.